The maximum Gasteiger partial charge on any atom is 0.308 e. The van der Waals surface area contributed by atoms with Crippen LogP contribution < -0.4 is 9.47 Å². The fourth-order valence-electron chi connectivity index (χ4n) is 1.11. The van der Waals surface area contributed by atoms with Crippen molar-refractivity contribution in [2.24, 2.45) is 0 Å². The standard InChI is InChI=1S/C8H10N2O4S/c1-13-6-4(3-5(11)12)7(14-2)10-8(15)9-6/h3H2,1-2H3,(H,11,12)(H,9,10,15). The Balaban J connectivity index is 3.30. The molecule has 0 aromatic carbocycles. The van der Waals surface area contributed by atoms with Crippen molar-refractivity contribution >= 4 is 18.2 Å². The van der Waals surface area contributed by atoms with Gasteiger partial charge in [-0.05, 0) is 12.2 Å². The van der Waals surface area contributed by atoms with E-state index in [1.54, 1.807) is 0 Å². The molecule has 1 heterocycles. The average Bonchev–Trinajstić information content (AvgIpc) is 2.19. The number of aliphatic carboxylic acids is 1. The quantitative estimate of drug-likeness (QED) is 0.744. The fourth-order valence-corrected chi connectivity index (χ4v) is 1.28. The lowest BCUT2D eigenvalue weighted by atomic mass is 10.2. The topological polar surface area (TPSA) is 84.4 Å². The van der Waals surface area contributed by atoms with Crippen molar-refractivity contribution in [3.05, 3.63) is 10.3 Å². The van der Waals surface area contributed by atoms with Gasteiger partial charge in [0, 0.05) is 0 Å². The van der Waals surface area contributed by atoms with Gasteiger partial charge in [-0.3, -0.25) is 4.79 Å². The van der Waals surface area contributed by atoms with Gasteiger partial charge in [0.1, 0.15) is 0 Å². The molecule has 82 valence electrons. The SMILES string of the molecule is COc1nc(=S)[nH]c(OC)c1CC(=O)O. The Labute approximate surface area is 90.9 Å². The molecule has 0 saturated heterocycles. The lowest BCUT2D eigenvalue weighted by Gasteiger charge is -2.09. The van der Waals surface area contributed by atoms with Crippen molar-refractivity contribution in [3.8, 4) is 11.8 Å². The van der Waals surface area contributed by atoms with Crippen LogP contribution in [0.4, 0.5) is 0 Å². The molecule has 0 saturated carbocycles. The Kier molecular flexibility index (Phi) is 3.62. The third kappa shape index (κ3) is 2.66. The van der Waals surface area contributed by atoms with Crippen molar-refractivity contribution in [3.63, 3.8) is 0 Å². The van der Waals surface area contributed by atoms with E-state index in [1.807, 2.05) is 0 Å². The van der Waals surface area contributed by atoms with Crippen LogP contribution in [0.2, 0.25) is 0 Å². The number of hydrogen-bond donors (Lipinski definition) is 2. The summed E-state index contributed by atoms with van der Waals surface area (Å²) in [6.45, 7) is 0. The number of nitrogens with zero attached hydrogens (tertiary/aromatic N) is 1. The molecule has 6 nitrogen and oxygen atoms in total. The van der Waals surface area contributed by atoms with Crippen molar-refractivity contribution < 1.29 is 19.4 Å². The van der Waals surface area contributed by atoms with Crippen LogP contribution in [0, 0.1) is 4.77 Å². The molecular weight excluding hydrogens is 220 g/mol. The number of rotatable bonds is 4. The summed E-state index contributed by atoms with van der Waals surface area (Å²) in [6.07, 6.45) is -0.245. The highest BCUT2D eigenvalue weighted by molar-refractivity contribution is 7.71. The van der Waals surface area contributed by atoms with Crippen LogP contribution in [-0.4, -0.2) is 35.3 Å². The van der Waals surface area contributed by atoms with Crippen LogP contribution in [0.5, 0.6) is 11.8 Å². The molecule has 0 aliphatic heterocycles. The molecule has 0 aliphatic carbocycles. The summed E-state index contributed by atoms with van der Waals surface area (Å²) in [5.41, 5.74) is 0.334. The number of carboxylic acids is 1. The maximum absolute atomic E-state index is 10.6. The molecule has 0 bridgehead atoms. The number of carbonyl (C=O) groups is 1. The second-order valence-electron chi connectivity index (χ2n) is 2.63. The first-order valence-electron chi connectivity index (χ1n) is 4.01. The molecule has 0 aliphatic rings. The highest BCUT2D eigenvalue weighted by atomic mass is 32.1. The van der Waals surface area contributed by atoms with Gasteiger partial charge in [0.15, 0.2) is 0 Å². The van der Waals surface area contributed by atoms with E-state index in [1.165, 1.54) is 14.2 Å². The van der Waals surface area contributed by atoms with Gasteiger partial charge in [0.25, 0.3) is 0 Å². The first-order chi connectivity index (χ1) is 7.08. The first-order valence-corrected chi connectivity index (χ1v) is 4.42. The van der Waals surface area contributed by atoms with Gasteiger partial charge in [-0.15, -0.1) is 0 Å². The van der Waals surface area contributed by atoms with E-state index in [4.69, 9.17) is 26.8 Å². The van der Waals surface area contributed by atoms with Gasteiger partial charge in [-0.1, -0.05) is 0 Å². The average molecular weight is 230 g/mol. The zero-order chi connectivity index (χ0) is 11.4. The molecule has 1 aromatic heterocycles. The van der Waals surface area contributed by atoms with E-state index in [0.29, 0.717) is 5.56 Å². The molecule has 15 heavy (non-hydrogen) atoms. The molecule has 0 unspecified atom stereocenters. The number of ether oxygens (including phenoxy) is 2. The predicted octanol–water partition coefficient (Wildman–Crippen LogP) is 0.783. The monoisotopic (exact) mass is 230 g/mol. The van der Waals surface area contributed by atoms with Crippen LogP contribution in [0.3, 0.4) is 0 Å². The summed E-state index contributed by atoms with van der Waals surface area (Å²) < 4.78 is 10.1. The van der Waals surface area contributed by atoms with E-state index >= 15 is 0 Å². The number of hydrogen-bond acceptors (Lipinski definition) is 5. The zero-order valence-corrected chi connectivity index (χ0v) is 9.05. The van der Waals surface area contributed by atoms with Crippen LogP contribution in [0.15, 0.2) is 0 Å². The number of aromatic amines is 1. The molecular formula is C8H10N2O4S. The fraction of sp³-hybridized carbons (Fsp3) is 0.375. The van der Waals surface area contributed by atoms with Crippen molar-refractivity contribution in [1.82, 2.24) is 9.97 Å². The summed E-state index contributed by atoms with van der Waals surface area (Å²) in [6, 6.07) is 0. The van der Waals surface area contributed by atoms with E-state index in [9.17, 15) is 4.79 Å². The van der Waals surface area contributed by atoms with Gasteiger partial charge >= 0.3 is 5.97 Å². The number of carboxylic acid groups (broad SMARTS) is 1. The molecule has 1 rings (SSSR count). The third-order valence-corrected chi connectivity index (χ3v) is 1.87. The van der Waals surface area contributed by atoms with Crippen LogP contribution in [-0.2, 0) is 11.2 Å². The molecule has 1 aromatic rings. The highest BCUT2D eigenvalue weighted by Crippen LogP contribution is 2.24. The summed E-state index contributed by atoms with van der Waals surface area (Å²) in [5, 5.41) is 8.70. The van der Waals surface area contributed by atoms with E-state index < -0.39 is 5.97 Å². The van der Waals surface area contributed by atoms with Crippen molar-refractivity contribution in [1.29, 1.82) is 0 Å². The van der Waals surface area contributed by atoms with Crippen LogP contribution in [0.1, 0.15) is 5.56 Å². The summed E-state index contributed by atoms with van der Waals surface area (Å²) >= 11 is 4.82. The molecule has 0 fully saturated rings. The summed E-state index contributed by atoms with van der Waals surface area (Å²) in [5.74, 6) is -0.578. The lowest BCUT2D eigenvalue weighted by molar-refractivity contribution is -0.136. The number of H-pyrrole nitrogens is 1. The van der Waals surface area contributed by atoms with E-state index in [-0.39, 0.29) is 23.0 Å². The zero-order valence-electron chi connectivity index (χ0n) is 8.23. The van der Waals surface area contributed by atoms with Gasteiger partial charge in [-0.25, -0.2) is 0 Å². The van der Waals surface area contributed by atoms with Crippen molar-refractivity contribution in [2.75, 3.05) is 14.2 Å². The van der Waals surface area contributed by atoms with Crippen LogP contribution >= 0.6 is 12.2 Å². The second-order valence-corrected chi connectivity index (χ2v) is 3.02. The minimum atomic E-state index is -1.00. The second kappa shape index (κ2) is 4.74. The highest BCUT2D eigenvalue weighted by Gasteiger charge is 2.15. The minimum Gasteiger partial charge on any atom is -0.482 e. The maximum atomic E-state index is 10.6. The Morgan fingerprint density at radius 2 is 2.20 bits per heavy atom. The largest absolute Gasteiger partial charge is 0.482 e. The minimum absolute atomic E-state index is 0.165. The number of nitrogens with one attached hydrogen (secondary N) is 1. The molecule has 0 amide bonds. The Bertz CT molecular complexity index is 401. The predicted molar refractivity (Wildman–Crippen MR) is 53.9 cm³/mol. The lowest BCUT2D eigenvalue weighted by Crippen LogP contribution is -2.07. The molecule has 0 radical (unpaired) electrons. The molecule has 2 N–H and O–H groups in total. The van der Waals surface area contributed by atoms with Gasteiger partial charge < -0.3 is 19.6 Å². The summed E-state index contributed by atoms with van der Waals surface area (Å²) in [4.78, 5) is 17.1. The van der Waals surface area contributed by atoms with Gasteiger partial charge in [-0.2, -0.15) is 4.98 Å². The summed E-state index contributed by atoms with van der Waals surface area (Å²) in [7, 11) is 2.80. The number of methoxy groups -OCH3 is 2. The normalized spacial score (nSPS) is 9.73. The molecule has 0 spiro atoms. The smallest absolute Gasteiger partial charge is 0.308 e. The first kappa shape index (κ1) is 11.4. The third-order valence-electron chi connectivity index (χ3n) is 1.68. The Hall–Kier alpha value is -1.63. The Morgan fingerprint density at radius 1 is 1.53 bits per heavy atom. The van der Waals surface area contributed by atoms with E-state index in [2.05, 4.69) is 9.97 Å². The molecule has 7 heteroatoms. The number of aromatic nitrogens is 2. The van der Waals surface area contributed by atoms with Crippen molar-refractivity contribution in [2.45, 2.75) is 6.42 Å². The van der Waals surface area contributed by atoms with Gasteiger partial charge in [0.2, 0.25) is 16.5 Å². The molecule has 0 atom stereocenters. The Morgan fingerprint density at radius 3 is 2.67 bits per heavy atom. The van der Waals surface area contributed by atoms with Crippen LogP contribution in [0.25, 0.3) is 0 Å². The van der Waals surface area contributed by atoms with Gasteiger partial charge in [0.05, 0.1) is 26.2 Å². The van der Waals surface area contributed by atoms with E-state index in [0.717, 1.165) is 0 Å².